The SMILES string of the molecule is CC(C)(C#N)Nc1ncc(-c2cccnc2)cn1. The van der Waals surface area contributed by atoms with Gasteiger partial charge >= 0.3 is 0 Å². The molecule has 2 rings (SSSR count). The Morgan fingerprint density at radius 1 is 1.17 bits per heavy atom. The van der Waals surface area contributed by atoms with Gasteiger partial charge in [0.15, 0.2) is 0 Å². The third kappa shape index (κ3) is 2.80. The number of nitrogens with zero attached hydrogens (tertiary/aromatic N) is 4. The number of nitrogens with one attached hydrogen (secondary N) is 1. The number of hydrogen-bond donors (Lipinski definition) is 1. The van der Waals surface area contributed by atoms with E-state index >= 15 is 0 Å². The Hall–Kier alpha value is -2.48. The van der Waals surface area contributed by atoms with Crippen molar-refractivity contribution in [2.24, 2.45) is 0 Å². The summed E-state index contributed by atoms with van der Waals surface area (Å²) >= 11 is 0. The first-order chi connectivity index (χ1) is 8.61. The highest BCUT2D eigenvalue weighted by molar-refractivity contribution is 5.60. The van der Waals surface area contributed by atoms with Crippen LogP contribution in [0, 0.1) is 11.3 Å². The van der Waals surface area contributed by atoms with Crippen LogP contribution in [0.4, 0.5) is 5.95 Å². The van der Waals surface area contributed by atoms with Crippen LogP contribution in [-0.2, 0) is 0 Å². The van der Waals surface area contributed by atoms with Crippen molar-refractivity contribution in [2.45, 2.75) is 19.4 Å². The van der Waals surface area contributed by atoms with Crippen LogP contribution in [0.25, 0.3) is 11.1 Å². The molecule has 0 aliphatic carbocycles. The van der Waals surface area contributed by atoms with E-state index in [-0.39, 0.29) is 0 Å². The quantitative estimate of drug-likeness (QED) is 0.889. The summed E-state index contributed by atoms with van der Waals surface area (Å²) in [5, 5.41) is 11.9. The van der Waals surface area contributed by atoms with Gasteiger partial charge in [-0.2, -0.15) is 5.26 Å². The van der Waals surface area contributed by atoms with Crippen molar-refractivity contribution >= 4 is 5.95 Å². The summed E-state index contributed by atoms with van der Waals surface area (Å²) in [6.45, 7) is 3.54. The minimum absolute atomic E-state index is 0.439. The largest absolute Gasteiger partial charge is 0.336 e. The molecule has 2 aromatic heterocycles. The van der Waals surface area contributed by atoms with Gasteiger partial charge in [0.05, 0.1) is 6.07 Å². The Morgan fingerprint density at radius 3 is 2.44 bits per heavy atom. The molecule has 2 heterocycles. The zero-order valence-electron chi connectivity index (χ0n) is 10.3. The molecule has 0 aromatic carbocycles. The van der Waals surface area contributed by atoms with Crippen LogP contribution in [-0.4, -0.2) is 20.5 Å². The Morgan fingerprint density at radius 2 is 1.89 bits per heavy atom. The minimum atomic E-state index is -0.685. The van der Waals surface area contributed by atoms with Gasteiger partial charge in [-0.3, -0.25) is 4.98 Å². The third-order valence-electron chi connectivity index (χ3n) is 2.35. The molecule has 0 radical (unpaired) electrons. The fourth-order valence-electron chi connectivity index (χ4n) is 1.38. The van der Waals surface area contributed by atoms with Crippen molar-refractivity contribution in [3.8, 4) is 17.2 Å². The monoisotopic (exact) mass is 239 g/mol. The summed E-state index contributed by atoms with van der Waals surface area (Å²) in [4.78, 5) is 12.4. The van der Waals surface area contributed by atoms with Gasteiger partial charge in [-0.15, -0.1) is 0 Å². The molecule has 0 bridgehead atoms. The number of hydrogen-bond acceptors (Lipinski definition) is 5. The van der Waals surface area contributed by atoms with E-state index in [0.717, 1.165) is 11.1 Å². The number of anilines is 1. The maximum absolute atomic E-state index is 8.91. The second-order valence-electron chi connectivity index (χ2n) is 4.40. The molecular weight excluding hydrogens is 226 g/mol. The average molecular weight is 239 g/mol. The van der Waals surface area contributed by atoms with Crippen molar-refractivity contribution in [3.05, 3.63) is 36.9 Å². The number of nitriles is 1. The van der Waals surface area contributed by atoms with Crippen molar-refractivity contribution in [2.75, 3.05) is 5.32 Å². The van der Waals surface area contributed by atoms with E-state index in [1.807, 2.05) is 12.1 Å². The summed E-state index contributed by atoms with van der Waals surface area (Å²) in [5.74, 6) is 0.439. The first-order valence-corrected chi connectivity index (χ1v) is 5.52. The minimum Gasteiger partial charge on any atom is -0.336 e. The number of aromatic nitrogens is 3. The van der Waals surface area contributed by atoms with E-state index in [9.17, 15) is 0 Å². The first kappa shape index (κ1) is 12.0. The summed E-state index contributed by atoms with van der Waals surface area (Å²) in [6.07, 6.45) is 6.89. The van der Waals surface area contributed by atoms with Gasteiger partial charge in [0.2, 0.25) is 5.95 Å². The Bertz CT molecular complexity index is 554. The molecule has 0 fully saturated rings. The summed E-state index contributed by atoms with van der Waals surface area (Å²) in [6, 6.07) is 5.94. The molecule has 5 heteroatoms. The van der Waals surface area contributed by atoms with E-state index < -0.39 is 5.54 Å². The fourth-order valence-corrected chi connectivity index (χ4v) is 1.38. The lowest BCUT2D eigenvalue weighted by Crippen LogP contribution is -2.29. The van der Waals surface area contributed by atoms with Gasteiger partial charge < -0.3 is 5.32 Å². The van der Waals surface area contributed by atoms with Crippen molar-refractivity contribution in [1.29, 1.82) is 5.26 Å². The second kappa shape index (κ2) is 4.80. The smallest absolute Gasteiger partial charge is 0.223 e. The van der Waals surface area contributed by atoms with Gasteiger partial charge in [-0.05, 0) is 19.9 Å². The van der Waals surface area contributed by atoms with E-state index in [4.69, 9.17) is 5.26 Å². The Labute approximate surface area is 106 Å². The van der Waals surface area contributed by atoms with Crippen molar-refractivity contribution in [3.63, 3.8) is 0 Å². The van der Waals surface area contributed by atoms with E-state index in [2.05, 4.69) is 26.3 Å². The summed E-state index contributed by atoms with van der Waals surface area (Å²) in [5.41, 5.74) is 1.17. The Balaban J connectivity index is 2.19. The molecule has 0 atom stereocenters. The van der Waals surface area contributed by atoms with E-state index in [0.29, 0.717) is 5.95 Å². The highest BCUT2D eigenvalue weighted by atomic mass is 15.1. The van der Waals surface area contributed by atoms with Crippen LogP contribution in [0.5, 0.6) is 0 Å². The van der Waals surface area contributed by atoms with E-state index in [1.54, 1.807) is 38.6 Å². The molecule has 0 unspecified atom stereocenters. The zero-order valence-corrected chi connectivity index (χ0v) is 10.3. The standard InChI is InChI=1S/C13H13N5/c1-13(2,9-14)18-12-16-7-11(8-17-12)10-4-3-5-15-6-10/h3-8H,1-2H3,(H,16,17,18). The lowest BCUT2D eigenvalue weighted by molar-refractivity contribution is 0.717. The predicted octanol–water partition coefficient (Wildman–Crippen LogP) is 2.25. The van der Waals surface area contributed by atoms with E-state index in [1.165, 1.54) is 0 Å². The maximum atomic E-state index is 8.91. The maximum Gasteiger partial charge on any atom is 0.223 e. The molecule has 90 valence electrons. The van der Waals surface area contributed by atoms with Crippen LogP contribution >= 0.6 is 0 Å². The normalized spacial score (nSPS) is 10.7. The lowest BCUT2D eigenvalue weighted by atomic mass is 10.1. The van der Waals surface area contributed by atoms with Gasteiger partial charge in [-0.1, -0.05) is 6.07 Å². The zero-order chi connectivity index (χ0) is 13.0. The molecule has 0 amide bonds. The third-order valence-corrected chi connectivity index (χ3v) is 2.35. The average Bonchev–Trinajstić information content (AvgIpc) is 2.40. The molecule has 1 N–H and O–H groups in total. The number of pyridine rings is 1. The highest BCUT2D eigenvalue weighted by Crippen LogP contribution is 2.17. The van der Waals surface area contributed by atoms with Crippen molar-refractivity contribution in [1.82, 2.24) is 15.0 Å². The lowest BCUT2D eigenvalue weighted by Gasteiger charge is -2.17. The van der Waals surface area contributed by atoms with Crippen molar-refractivity contribution < 1.29 is 0 Å². The molecule has 0 saturated heterocycles. The van der Waals surface area contributed by atoms with Crippen LogP contribution in [0.3, 0.4) is 0 Å². The van der Waals surface area contributed by atoms with Gasteiger partial charge in [0.1, 0.15) is 5.54 Å². The molecule has 18 heavy (non-hydrogen) atoms. The van der Waals surface area contributed by atoms with Gasteiger partial charge in [-0.25, -0.2) is 9.97 Å². The Kier molecular flexibility index (Phi) is 3.20. The van der Waals surface area contributed by atoms with Crippen LogP contribution in [0.1, 0.15) is 13.8 Å². The van der Waals surface area contributed by atoms with Crippen LogP contribution in [0.15, 0.2) is 36.9 Å². The summed E-state index contributed by atoms with van der Waals surface area (Å²) in [7, 11) is 0. The van der Waals surface area contributed by atoms with Gasteiger partial charge in [0.25, 0.3) is 0 Å². The predicted molar refractivity (Wildman–Crippen MR) is 68.6 cm³/mol. The number of rotatable bonds is 3. The summed E-state index contributed by atoms with van der Waals surface area (Å²) < 4.78 is 0. The topological polar surface area (TPSA) is 74.5 Å². The van der Waals surface area contributed by atoms with Crippen LogP contribution in [0.2, 0.25) is 0 Å². The first-order valence-electron chi connectivity index (χ1n) is 5.52. The van der Waals surface area contributed by atoms with Crippen LogP contribution < -0.4 is 5.32 Å². The van der Waals surface area contributed by atoms with Gasteiger partial charge in [0, 0.05) is 35.9 Å². The molecule has 0 aliphatic rings. The molecule has 2 aromatic rings. The molecule has 0 saturated carbocycles. The fraction of sp³-hybridized carbons (Fsp3) is 0.231. The second-order valence-corrected chi connectivity index (χ2v) is 4.40. The molecule has 0 aliphatic heterocycles. The molecule has 5 nitrogen and oxygen atoms in total. The highest BCUT2D eigenvalue weighted by Gasteiger charge is 2.16. The molecular formula is C13H13N5. The molecule has 0 spiro atoms.